The predicted molar refractivity (Wildman–Crippen MR) is 90.5 cm³/mol. The summed E-state index contributed by atoms with van der Waals surface area (Å²) in [5, 5.41) is 3.08. The monoisotopic (exact) mass is 311 g/mol. The Hall–Kier alpha value is -2.17. The summed E-state index contributed by atoms with van der Waals surface area (Å²) >= 11 is 0. The lowest BCUT2D eigenvalue weighted by molar-refractivity contribution is -0.929. The number of aryl methyl sites for hydroxylation is 1. The van der Waals surface area contributed by atoms with Crippen LogP contribution in [0.1, 0.15) is 17.2 Å². The van der Waals surface area contributed by atoms with Crippen LogP contribution in [0.3, 0.4) is 0 Å². The summed E-state index contributed by atoms with van der Waals surface area (Å²) in [6, 6.07) is 17.7. The molecule has 2 N–H and O–H groups in total. The van der Waals surface area contributed by atoms with Crippen LogP contribution in [0.15, 0.2) is 54.6 Å². The molecule has 1 atom stereocenters. The molecular formula is C19H23N2O2+. The largest absolute Gasteiger partial charge is 0.370 e. The van der Waals surface area contributed by atoms with Crippen LogP contribution in [0.25, 0.3) is 0 Å². The molecule has 0 aliphatic carbocycles. The molecule has 1 saturated heterocycles. The fraction of sp³-hybridized carbons (Fsp3) is 0.316. The van der Waals surface area contributed by atoms with Crippen LogP contribution >= 0.6 is 0 Å². The Morgan fingerprint density at radius 1 is 1.09 bits per heavy atom. The number of ether oxygens (including phenoxy) is 1. The SMILES string of the molecule is Cc1cccc(NC(=O)[C@H](c2ccccc2)[NH+]2CCOCC2)c1. The second kappa shape index (κ2) is 7.40. The number of benzene rings is 2. The quantitative estimate of drug-likeness (QED) is 0.900. The molecule has 1 aliphatic rings. The summed E-state index contributed by atoms with van der Waals surface area (Å²) in [5.74, 6) is 0.0405. The highest BCUT2D eigenvalue weighted by molar-refractivity contribution is 5.94. The van der Waals surface area contributed by atoms with Crippen molar-refractivity contribution in [2.75, 3.05) is 31.6 Å². The van der Waals surface area contributed by atoms with Crippen molar-refractivity contribution in [3.05, 3.63) is 65.7 Å². The Morgan fingerprint density at radius 3 is 2.52 bits per heavy atom. The molecule has 120 valence electrons. The maximum Gasteiger partial charge on any atom is 0.287 e. The Morgan fingerprint density at radius 2 is 1.83 bits per heavy atom. The minimum atomic E-state index is -0.208. The fourth-order valence-electron chi connectivity index (χ4n) is 3.08. The van der Waals surface area contributed by atoms with Gasteiger partial charge in [-0.25, -0.2) is 0 Å². The molecule has 4 nitrogen and oxygen atoms in total. The van der Waals surface area contributed by atoms with E-state index in [-0.39, 0.29) is 11.9 Å². The third-order valence-corrected chi connectivity index (χ3v) is 4.22. The molecule has 1 amide bonds. The van der Waals surface area contributed by atoms with Crippen molar-refractivity contribution in [2.45, 2.75) is 13.0 Å². The van der Waals surface area contributed by atoms with Gasteiger partial charge in [0.1, 0.15) is 13.1 Å². The summed E-state index contributed by atoms with van der Waals surface area (Å²) in [5.41, 5.74) is 3.04. The molecule has 1 heterocycles. The predicted octanol–water partition coefficient (Wildman–Crippen LogP) is 1.59. The highest BCUT2D eigenvalue weighted by Crippen LogP contribution is 2.15. The van der Waals surface area contributed by atoms with Crippen LogP contribution in [-0.2, 0) is 9.53 Å². The number of carbonyl (C=O) groups excluding carboxylic acids is 1. The van der Waals surface area contributed by atoms with Crippen molar-refractivity contribution in [2.24, 2.45) is 0 Å². The third kappa shape index (κ3) is 3.97. The van der Waals surface area contributed by atoms with Crippen molar-refractivity contribution in [1.29, 1.82) is 0 Å². The maximum atomic E-state index is 13.0. The molecule has 1 fully saturated rings. The van der Waals surface area contributed by atoms with Gasteiger partial charge in [0.05, 0.1) is 13.2 Å². The van der Waals surface area contributed by atoms with Crippen LogP contribution in [-0.4, -0.2) is 32.2 Å². The van der Waals surface area contributed by atoms with Crippen LogP contribution in [0.2, 0.25) is 0 Å². The van der Waals surface area contributed by atoms with Crippen molar-refractivity contribution in [1.82, 2.24) is 0 Å². The van der Waals surface area contributed by atoms with E-state index in [0.717, 1.165) is 29.9 Å². The summed E-state index contributed by atoms with van der Waals surface area (Å²) in [7, 11) is 0. The first-order valence-electron chi connectivity index (χ1n) is 8.09. The number of nitrogens with one attached hydrogen (secondary N) is 2. The Kier molecular flexibility index (Phi) is 5.05. The van der Waals surface area contributed by atoms with Gasteiger partial charge >= 0.3 is 0 Å². The molecule has 3 rings (SSSR count). The topological polar surface area (TPSA) is 42.8 Å². The van der Waals surface area contributed by atoms with E-state index in [0.29, 0.717) is 13.2 Å². The molecule has 0 unspecified atom stereocenters. The molecule has 0 bridgehead atoms. The van der Waals surface area contributed by atoms with Crippen molar-refractivity contribution >= 4 is 11.6 Å². The average molecular weight is 311 g/mol. The van der Waals surface area contributed by atoms with E-state index in [4.69, 9.17) is 4.74 Å². The Labute approximate surface area is 137 Å². The normalized spacial score (nSPS) is 16.7. The van der Waals surface area contributed by atoms with E-state index >= 15 is 0 Å². The van der Waals surface area contributed by atoms with Crippen molar-refractivity contribution in [3.63, 3.8) is 0 Å². The minimum absolute atomic E-state index is 0.0405. The van der Waals surface area contributed by atoms with E-state index in [9.17, 15) is 4.79 Å². The highest BCUT2D eigenvalue weighted by Gasteiger charge is 2.32. The average Bonchev–Trinajstić information content (AvgIpc) is 2.57. The van der Waals surface area contributed by atoms with Gasteiger partial charge in [-0.05, 0) is 24.6 Å². The summed E-state index contributed by atoms with van der Waals surface area (Å²) in [6.07, 6.45) is 0. The summed E-state index contributed by atoms with van der Waals surface area (Å²) in [4.78, 5) is 14.2. The Bertz CT molecular complexity index is 651. The summed E-state index contributed by atoms with van der Waals surface area (Å²) < 4.78 is 5.45. The zero-order valence-electron chi connectivity index (χ0n) is 13.4. The van der Waals surface area contributed by atoms with Crippen LogP contribution < -0.4 is 10.2 Å². The number of rotatable bonds is 4. The zero-order chi connectivity index (χ0) is 16.1. The zero-order valence-corrected chi connectivity index (χ0v) is 13.4. The highest BCUT2D eigenvalue weighted by atomic mass is 16.5. The van der Waals surface area contributed by atoms with E-state index in [1.165, 1.54) is 4.90 Å². The van der Waals surface area contributed by atoms with Gasteiger partial charge < -0.3 is 15.0 Å². The van der Waals surface area contributed by atoms with Crippen LogP contribution in [0, 0.1) is 6.92 Å². The molecule has 23 heavy (non-hydrogen) atoms. The Balaban J connectivity index is 1.83. The second-order valence-electron chi connectivity index (χ2n) is 5.97. The number of quaternary nitrogens is 1. The number of morpholine rings is 1. The standard InChI is InChI=1S/C19H22N2O2/c1-15-6-5-9-17(14-15)20-19(22)18(16-7-3-2-4-8-16)21-10-12-23-13-11-21/h2-9,14,18H,10-13H2,1H3,(H,20,22)/p+1/t18-/m0/s1. The van der Waals surface area contributed by atoms with E-state index in [1.807, 2.05) is 61.5 Å². The van der Waals surface area contributed by atoms with Gasteiger partial charge in [0.15, 0.2) is 6.04 Å². The minimum Gasteiger partial charge on any atom is -0.370 e. The maximum absolute atomic E-state index is 13.0. The number of hydrogen-bond donors (Lipinski definition) is 2. The van der Waals surface area contributed by atoms with Crippen molar-refractivity contribution in [3.8, 4) is 0 Å². The van der Waals surface area contributed by atoms with Gasteiger partial charge in [0, 0.05) is 11.3 Å². The third-order valence-electron chi connectivity index (χ3n) is 4.22. The molecule has 2 aromatic rings. The van der Waals surface area contributed by atoms with Crippen LogP contribution in [0.5, 0.6) is 0 Å². The summed E-state index contributed by atoms with van der Waals surface area (Å²) in [6.45, 7) is 5.13. The van der Waals surface area contributed by atoms with Gasteiger partial charge in [-0.15, -0.1) is 0 Å². The smallest absolute Gasteiger partial charge is 0.287 e. The first kappa shape index (κ1) is 15.7. The van der Waals surface area contributed by atoms with Gasteiger partial charge in [-0.2, -0.15) is 0 Å². The lowest BCUT2D eigenvalue weighted by atomic mass is 10.0. The van der Waals surface area contributed by atoms with E-state index in [2.05, 4.69) is 5.32 Å². The molecule has 0 spiro atoms. The molecule has 1 aliphatic heterocycles. The number of carbonyl (C=O) groups is 1. The van der Waals surface area contributed by atoms with E-state index < -0.39 is 0 Å². The molecular weight excluding hydrogens is 288 g/mol. The van der Waals surface area contributed by atoms with Gasteiger partial charge in [-0.1, -0.05) is 42.5 Å². The van der Waals surface area contributed by atoms with Gasteiger partial charge in [0.25, 0.3) is 5.91 Å². The number of hydrogen-bond acceptors (Lipinski definition) is 2. The van der Waals surface area contributed by atoms with Crippen LogP contribution in [0.4, 0.5) is 5.69 Å². The molecule has 4 heteroatoms. The van der Waals surface area contributed by atoms with Crippen molar-refractivity contribution < 1.29 is 14.4 Å². The van der Waals surface area contributed by atoms with E-state index in [1.54, 1.807) is 0 Å². The van der Waals surface area contributed by atoms with Gasteiger partial charge in [-0.3, -0.25) is 4.79 Å². The first-order valence-corrected chi connectivity index (χ1v) is 8.09. The number of anilines is 1. The molecule has 0 radical (unpaired) electrons. The number of amides is 1. The fourth-order valence-corrected chi connectivity index (χ4v) is 3.08. The van der Waals surface area contributed by atoms with Gasteiger partial charge in [0.2, 0.25) is 0 Å². The lowest BCUT2D eigenvalue weighted by Gasteiger charge is -2.30. The molecule has 0 saturated carbocycles. The lowest BCUT2D eigenvalue weighted by Crippen LogP contribution is -3.15. The first-order chi connectivity index (χ1) is 11.2. The molecule has 0 aromatic heterocycles. The second-order valence-corrected chi connectivity index (χ2v) is 5.97. The molecule has 2 aromatic carbocycles.